The molecule has 0 bridgehead atoms. The Morgan fingerprint density at radius 3 is 2.60 bits per heavy atom. The minimum atomic E-state index is -1.07. The van der Waals surface area contributed by atoms with E-state index in [-0.39, 0.29) is 12.3 Å². The van der Waals surface area contributed by atoms with Crippen LogP contribution >= 0.6 is 15.9 Å². The standard InChI is InChI=1S/C17H17BrN2O5/c1-2-8-20(10-15(21)22)17(24)11-4-3-5-12(9-11)19-16(23)13-6-7-14(18)25-13/h3-7,9H,2,8,10H2,1H3,(H,19,23)(H,21,22). The molecule has 132 valence electrons. The average Bonchev–Trinajstić information content (AvgIpc) is 3.00. The summed E-state index contributed by atoms with van der Waals surface area (Å²) in [4.78, 5) is 36.8. The molecule has 2 rings (SSSR count). The van der Waals surface area contributed by atoms with Crippen molar-refractivity contribution in [1.29, 1.82) is 0 Å². The molecule has 2 N–H and O–H groups in total. The summed E-state index contributed by atoms with van der Waals surface area (Å²) < 4.78 is 5.61. The van der Waals surface area contributed by atoms with E-state index in [4.69, 9.17) is 9.52 Å². The first-order chi connectivity index (χ1) is 11.9. The highest BCUT2D eigenvalue weighted by Crippen LogP contribution is 2.17. The number of furan rings is 1. The van der Waals surface area contributed by atoms with Crippen LogP contribution in [0.1, 0.15) is 34.3 Å². The average molecular weight is 409 g/mol. The van der Waals surface area contributed by atoms with E-state index >= 15 is 0 Å². The number of aliphatic carboxylic acids is 1. The molecule has 8 heteroatoms. The van der Waals surface area contributed by atoms with Gasteiger partial charge in [-0.2, -0.15) is 0 Å². The number of carboxylic acids is 1. The van der Waals surface area contributed by atoms with Gasteiger partial charge in [-0.3, -0.25) is 14.4 Å². The lowest BCUT2D eigenvalue weighted by atomic mass is 10.1. The lowest BCUT2D eigenvalue weighted by Crippen LogP contribution is -2.36. The molecule has 0 spiro atoms. The molecule has 0 unspecified atom stereocenters. The third kappa shape index (κ3) is 5.18. The number of nitrogens with zero attached hydrogens (tertiary/aromatic N) is 1. The van der Waals surface area contributed by atoms with Gasteiger partial charge in [0.25, 0.3) is 11.8 Å². The van der Waals surface area contributed by atoms with Crippen LogP contribution in [-0.4, -0.2) is 40.9 Å². The number of carboxylic acid groups (broad SMARTS) is 1. The van der Waals surface area contributed by atoms with Gasteiger partial charge < -0.3 is 19.7 Å². The number of rotatable bonds is 7. The summed E-state index contributed by atoms with van der Waals surface area (Å²) in [6.07, 6.45) is 0.642. The number of anilines is 1. The summed E-state index contributed by atoms with van der Waals surface area (Å²) in [5.41, 5.74) is 0.711. The monoisotopic (exact) mass is 408 g/mol. The van der Waals surface area contributed by atoms with Gasteiger partial charge in [-0.25, -0.2) is 0 Å². The number of carbonyl (C=O) groups is 3. The van der Waals surface area contributed by atoms with Crippen molar-refractivity contribution in [1.82, 2.24) is 4.90 Å². The van der Waals surface area contributed by atoms with Crippen molar-refractivity contribution in [3.8, 4) is 0 Å². The van der Waals surface area contributed by atoms with E-state index in [0.29, 0.717) is 28.9 Å². The summed E-state index contributed by atoms with van der Waals surface area (Å²) in [6.45, 7) is 1.83. The topological polar surface area (TPSA) is 99.9 Å². The zero-order chi connectivity index (χ0) is 18.4. The SMILES string of the molecule is CCCN(CC(=O)O)C(=O)c1cccc(NC(=O)c2ccc(Br)o2)c1. The molecule has 2 amide bonds. The zero-order valence-corrected chi connectivity index (χ0v) is 15.1. The fourth-order valence-corrected chi connectivity index (χ4v) is 2.53. The first kappa shape index (κ1) is 18.7. The van der Waals surface area contributed by atoms with Gasteiger partial charge in [0.2, 0.25) is 0 Å². The number of benzene rings is 1. The Morgan fingerprint density at radius 2 is 2.00 bits per heavy atom. The molecule has 25 heavy (non-hydrogen) atoms. The second-order valence-electron chi connectivity index (χ2n) is 5.26. The lowest BCUT2D eigenvalue weighted by Gasteiger charge is -2.20. The molecule has 0 atom stereocenters. The Balaban J connectivity index is 2.15. The van der Waals surface area contributed by atoms with Gasteiger partial charge in [-0.1, -0.05) is 13.0 Å². The van der Waals surface area contributed by atoms with Crippen LogP contribution in [0.25, 0.3) is 0 Å². The van der Waals surface area contributed by atoms with Crippen molar-refractivity contribution in [3.63, 3.8) is 0 Å². The van der Waals surface area contributed by atoms with E-state index in [1.807, 2.05) is 6.92 Å². The second kappa shape index (κ2) is 8.48. The minimum Gasteiger partial charge on any atom is -0.480 e. The molecule has 1 aromatic carbocycles. The van der Waals surface area contributed by atoms with Crippen molar-refractivity contribution in [2.75, 3.05) is 18.4 Å². The molecule has 2 aromatic rings. The third-order valence-corrected chi connectivity index (χ3v) is 3.70. The van der Waals surface area contributed by atoms with E-state index in [1.54, 1.807) is 24.3 Å². The normalized spacial score (nSPS) is 10.3. The zero-order valence-electron chi connectivity index (χ0n) is 13.5. The molecular formula is C17H17BrN2O5. The highest BCUT2D eigenvalue weighted by molar-refractivity contribution is 9.10. The van der Waals surface area contributed by atoms with Crippen LogP contribution in [0.15, 0.2) is 45.5 Å². The molecule has 0 aliphatic heterocycles. The van der Waals surface area contributed by atoms with Crippen LogP contribution in [0.5, 0.6) is 0 Å². The Morgan fingerprint density at radius 1 is 1.24 bits per heavy atom. The van der Waals surface area contributed by atoms with E-state index in [1.165, 1.54) is 17.0 Å². The number of hydrogen-bond acceptors (Lipinski definition) is 4. The van der Waals surface area contributed by atoms with Crippen molar-refractivity contribution in [2.45, 2.75) is 13.3 Å². The Hall–Kier alpha value is -2.61. The summed E-state index contributed by atoms with van der Waals surface area (Å²) in [5.74, 6) is -1.80. The molecule has 7 nitrogen and oxygen atoms in total. The quantitative estimate of drug-likeness (QED) is 0.732. The van der Waals surface area contributed by atoms with Gasteiger partial charge in [-0.05, 0) is 52.7 Å². The smallest absolute Gasteiger partial charge is 0.323 e. The summed E-state index contributed by atoms with van der Waals surface area (Å²) in [7, 11) is 0. The van der Waals surface area contributed by atoms with Crippen molar-refractivity contribution in [3.05, 3.63) is 52.4 Å². The Kier molecular flexibility index (Phi) is 6.35. The van der Waals surface area contributed by atoms with E-state index < -0.39 is 17.8 Å². The van der Waals surface area contributed by atoms with Gasteiger partial charge in [0.1, 0.15) is 6.54 Å². The number of amides is 2. The molecule has 1 heterocycles. The largest absolute Gasteiger partial charge is 0.480 e. The van der Waals surface area contributed by atoms with Crippen LogP contribution in [-0.2, 0) is 4.79 Å². The third-order valence-electron chi connectivity index (χ3n) is 3.27. The molecule has 0 aliphatic rings. The van der Waals surface area contributed by atoms with Crippen molar-refractivity contribution >= 4 is 39.4 Å². The van der Waals surface area contributed by atoms with Gasteiger partial charge in [0, 0.05) is 17.8 Å². The highest BCUT2D eigenvalue weighted by atomic mass is 79.9. The van der Waals surface area contributed by atoms with Crippen molar-refractivity contribution < 1.29 is 23.9 Å². The number of carbonyl (C=O) groups excluding carboxylic acids is 2. The number of hydrogen-bond donors (Lipinski definition) is 2. The van der Waals surface area contributed by atoms with E-state index in [0.717, 1.165) is 0 Å². The predicted molar refractivity (Wildman–Crippen MR) is 94.6 cm³/mol. The van der Waals surface area contributed by atoms with E-state index in [2.05, 4.69) is 21.2 Å². The first-order valence-corrected chi connectivity index (χ1v) is 8.37. The van der Waals surface area contributed by atoms with Crippen LogP contribution in [0.3, 0.4) is 0 Å². The maximum atomic E-state index is 12.5. The molecule has 0 saturated heterocycles. The Bertz CT molecular complexity index is 787. The van der Waals surface area contributed by atoms with E-state index in [9.17, 15) is 14.4 Å². The van der Waals surface area contributed by atoms with Crippen molar-refractivity contribution in [2.24, 2.45) is 0 Å². The maximum absolute atomic E-state index is 12.5. The van der Waals surface area contributed by atoms with Crippen LogP contribution in [0.2, 0.25) is 0 Å². The van der Waals surface area contributed by atoms with Crippen LogP contribution in [0, 0.1) is 0 Å². The summed E-state index contributed by atoms with van der Waals surface area (Å²) in [5, 5.41) is 11.6. The predicted octanol–water partition coefficient (Wildman–Crippen LogP) is 3.23. The van der Waals surface area contributed by atoms with Gasteiger partial charge in [0.15, 0.2) is 10.4 Å². The fraction of sp³-hybridized carbons (Fsp3) is 0.235. The van der Waals surface area contributed by atoms with Crippen LogP contribution in [0.4, 0.5) is 5.69 Å². The summed E-state index contributed by atoms with van der Waals surface area (Å²) >= 11 is 3.12. The molecule has 0 radical (unpaired) electrons. The summed E-state index contributed by atoms with van der Waals surface area (Å²) in [6, 6.07) is 9.45. The first-order valence-electron chi connectivity index (χ1n) is 7.58. The Labute approximate surface area is 152 Å². The molecular weight excluding hydrogens is 392 g/mol. The van der Waals surface area contributed by atoms with Crippen LogP contribution < -0.4 is 5.32 Å². The number of nitrogens with one attached hydrogen (secondary N) is 1. The fourth-order valence-electron chi connectivity index (χ4n) is 2.23. The molecule has 0 saturated carbocycles. The van der Waals surface area contributed by atoms with Gasteiger partial charge in [-0.15, -0.1) is 0 Å². The lowest BCUT2D eigenvalue weighted by molar-refractivity contribution is -0.137. The molecule has 0 aliphatic carbocycles. The van der Waals surface area contributed by atoms with Gasteiger partial charge in [0.05, 0.1) is 0 Å². The highest BCUT2D eigenvalue weighted by Gasteiger charge is 2.18. The van der Waals surface area contributed by atoms with Gasteiger partial charge >= 0.3 is 5.97 Å². The maximum Gasteiger partial charge on any atom is 0.323 e. The second-order valence-corrected chi connectivity index (χ2v) is 6.04. The molecule has 1 aromatic heterocycles. The molecule has 0 fully saturated rings. The number of halogens is 1. The minimum absolute atomic E-state index is 0.127.